The Kier molecular flexibility index (Phi) is 8.10. The van der Waals surface area contributed by atoms with E-state index in [2.05, 4.69) is 23.7 Å². The van der Waals surface area contributed by atoms with Crippen molar-refractivity contribution in [1.82, 2.24) is 0 Å². The van der Waals surface area contributed by atoms with Gasteiger partial charge in [-0.2, -0.15) is 0 Å². The van der Waals surface area contributed by atoms with E-state index in [0.717, 1.165) is 0 Å². The van der Waals surface area contributed by atoms with Gasteiger partial charge < -0.3 is 21.7 Å². The van der Waals surface area contributed by atoms with Gasteiger partial charge in [-0.1, -0.05) is 0 Å². The molecule has 6 N–H and O–H groups in total. The van der Waals surface area contributed by atoms with E-state index in [1.807, 2.05) is 0 Å². The van der Waals surface area contributed by atoms with Gasteiger partial charge in [0, 0.05) is 12.2 Å². The molecule has 0 bridgehead atoms. The molecule has 0 aromatic rings. The number of thiocarbonyl (C=S) groups is 1. The van der Waals surface area contributed by atoms with Gasteiger partial charge in [0.2, 0.25) is 0 Å². The Bertz CT molecular complexity index is 193. The summed E-state index contributed by atoms with van der Waals surface area (Å²) in [5, 5.41) is 15.6. The first-order chi connectivity index (χ1) is 5.36. The van der Waals surface area contributed by atoms with Crippen molar-refractivity contribution in [1.29, 1.82) is 0 Å². The molecule has 0 aromatic carbocycles. The van der Waals surface area contributed by atoms with Gasteiger partial charge in [-0.25, -0.2) is 9.59 Å². The smallest absolute Gasteiger partial charge is 0.328 e. The molecule has 0 unspecified atom stereocenters. The predicted molar refractivity (Wildman–Crippen MR) is 45.4 cm³/mol. The van der Waals surface area contributed by atoms with Crippen LogP contribution < -0.4 is 11.5 Å². The second kappa shape index (κ2) is 7.48. The highest BCUT2D eigenvalue weighted by atomic mass is 32.1. The minimum absolute atomic E-state index is 0.000000000000000222. The number of carbonyl (C=O) groups is 2. The lowest BCUT2D eigenvalue weighted by Crippen LogP contribution is -2.18. The fourth-order valence-corrected chi connectivity index (χ4v) is 0.143. The summed E-state index contributed by atoms with van der Waals surface area (Å²) in [7, 11) is 0. The molecule has 0 amide bonds. The summed E-state index contributed by atoms with van der Waals surface area (Å²) in [6, 6.07) is 0. The van der Waals surface area contributed by atoms with Crippen molar-refractivity contribution in [3.8, 4) is 0 Å². The summed E-state index contributed by atoms with van der Waals surface area (Å²) in [5.74, 6) is -2.51. The van der Waals surface area contributed by atoms with Crippen molar-refractivity contribution in [3.63, 3.8) is 0 Å². The zero-order valence-electron chi connectivity index (χ0n) is 5.93. The van der Waals surface area contributed by atoms with Crippen LogP contribution in [0.5, 0.6) is 0 Å². The minimum atomic E-state index is -1.26. The summed E-state index contributed by atoms with van der Waals surface area (Å²) >= 11 is 4.09. The van der Waals surface area contributed by atoms with E-state index in [4.69, 9.17) is 10.2 Å². The molecule has 0 aliphatic heterocycles. The highest BCUT2D eigenvalue weighted by Crippen LogP contribution is 1.70. The molecule has 0 fully saturated rings. The van der Waals surface area contributed by atoms with Crippen LogP contribution in [-0.2, 0) is 9.59 Å². The third kappa shape index (κ3) is 40.0. The van der Waals surface area contributed by atoms with Gasteiger partial charge in [-0.3, -0.25) is 0 Å². The molecule has 0 atom stereocenters. The normalized spacial score (nSPS) is 8.33. The molecule has 0 radical (unpaired) electrons. The molecule has 0 saturated carbocycles. The summed E-state index contributed by atoms with van der Waals surface area (Å²) < 4.78 is 0. The summed E-state index contributed by atoms with van der Waals surface area (Å²) in [4.78, 5) is 19.1. The van der Waals surface area contributed by atoms with Crippen molar-refractivity contribution >= 4 is 29.3 Å². The van der Waals surface area contributed by atoms with E-state index in [-0.39, 0.29) is 5.11 Å². The largest absolute Gasteiger partial charge is 0.478 e. The lowest BCUT2D eigenvalue weighted by Gasteiger charge is -1.74. The molecule has 7 heteroatoms. The van der Waals surface area contributed by atoms with Gasteiger partial charge in [-0.15, -0.1) is 0 Å². The Morgan fingerprint density at radius 1 is 1.08 bits per heavy atom. The Balaban J connectivity index is 0. The lowest BCUT2D eigenvalue weighted by atomic mass is 10.5. The first-order valence-corrected chi connectivity index (χ1v) is 2.96. The number of hydrogen-bond donors (Lipinski definition) is 4. The van der Waals surface area contributed by atoms with Crippen LogP contribution in [0.1, 0.15) is 0 Å². The first-order valence-electron chi connectivity index (χ1n) is 2.55. The van der Waals surface area contributed by atoms with Crippen molar-refractivity contribution in [2.45, 2.75) is 0 Å². The molecule has 0 spiro atoms. The first kappa shape index (κ1) is 13.0. The fraction of sp³-hybridized carbons (Fsp3) is 0. The molecular weight excluding hydrogens is 184 g/mol. The molecule has 6 nitrogen and oxygen atoms in total. The second-order valence-corrected chi connectivity index (χ2v) is 1.88. The SMILES string of the molecule is NC(N)=S.O=C(O)/C=C\C(=O)O. The van der Waals surface area contributed by atoms with Gasteiger partial charge in [0.1, 0.15) is 0 Å². The molecule has 0 rings (SSSR count). The number of rotatable bonds is 2. The molecule has 0 aliphatic carbocycles. The average molecular weight is 192 g/mol. The molecule has 0 saturated heterocycles. The number of carboxylic acid groups (broad SMARTS) is 2. The maximum Gasteiger partial charge on any atom is 0.328 e. The Morgan fingerprint density at radius 2 is 1.25 bits per heavy atom. The fourth-order valence-electron chi connectivity index (χ4n) is 0.143. The average Bonchev–Trinajstić information content (AvgIpc) is 1.82. The van der Waals surface area contributed by atoms with Crippen LogP contribution >= 0.6 is 12.2 Å². The van der Waals surface area contributed by atoms with E-state index in [9.17, 15) is 9.59 Å². The third-order valence-corrected chi connectivity index (χ3v) is 0.368. The quantitative estimate of drug-likeness (QED) is 0.323. The maximum absolute atomic E-state index is 9.55. The van der Waals surface area contributed by atoms with Crippen molar-refractivity contribution < 1.29 is 19.8 Å². The molecule has 0 aliphatic rings. The molecule has 0 heterocycles. The highest BCUT2D eigenvalue weighted by Gasteiger charge is 1.88. The van der Waals surface area contributed by atoms with Gasteiger partial charge in [-0.05, 0) is 12.2 Å². The monoisotopic (exact) mass is 192 g/mol. The zero-order chi connectivity index (χ0) is 10.1. The van der Waals surface area contributed by atoms with Gasteiger partial charge in [0.25, 0.3) is 0 Å². The van der Waals surface area contributed by atoms with Crippen LogP contribution in [0.25, 0.3) is 0 Å². The molecule has 12 heavy (non-hydrogen) atoms. The van der Waals surface area contributed by atoms with Crippen molar-refractivity contribution in [2.75, 3.05) is 0 Å². The van der Waals surface area contributed by atoms with Crippen LogP contribution in [0.2, 0.25) is 0 Å². The van der Waals surface area contributed by atoms with Gasteiger partial charge in [0.15, 0.2) is 5.11 Å². The number of aliphatic carboxylic acids is 2. The molecule has 68 valence electrons. The second-order valence-electron chi connectivity index (χ2n) is 1.41. The summed E-state index contributed by atoms with van der Waals surface area (Å²) in [6.45, 7) is 0. The van der Waals surface area contributed by atoms with Crippen LogP contribution in [0, 0.1) is 0 Å². The van der Waals surface area contributed by atoms with Gasteiger partial charge in [0.05, 0.1) is 0 Å². The predicted octanol–water partition coefficient (Wildman–Crippen LogP) is -1.10. The van der Waals surface area contributed by atoms with Crippen LogP contribution in [0.3, 0.4) is 0 Å². The maximum atomic E-state index is 9.55. The number of hydrogen-bond acceptors (Lipinski definition) is 3. The summed E-state index contributed by atoms with van der Waals surface area (Å²) in [6.07, 6.45) is 1.12. The Morgan fingerprint density at radius 3 is 1.33 bits per heavy atom. The van der Waals surface area contributed by atoms with E-state index < -0.39 is 11.9 Å². The number of carboxylic acids is 2. The van der Waals surface area contributed by atoms with E-state index in [1.54, 1.807) is 0 Å². The standard InChI is InChI=1S/C4H4O4.CH4N2S/c5-3(6)1-2-4(7)8;2-1(3)4/h1-2H,(H,5,6)(H,7,8);(H4,2,3,4)/b2-1-;. The van der Waals surface area contributed by atoms with Crippen LogP contribution in [0.15, 0.2) is 12.2 Å². The van der Waals surface area contributed by atoms with E-state index >= 15 is 0 Å². The highest BCUT2D eigenvalue weighted by molar-refractivity contribution is 7.80. The van der Waals surface area contributed by atoms with Crippen molar-refractivity contribution in [3.05, 3.63) is 12.2 Å². The molecule has 0 aromatic heterocycles. The van der Waals surface area contributed by atoms with Gasteiger partial charge >= 0.3 is 11.9 Å². The van der Waals surface area contributed by atoms with E-state index in [1.165, 1.54) is 0 Å². The summed E-state index contributed by atoms with van der Waals surface area (Å²) in [5.41, 5.74) is 9.24. The van der Waals surface area contributed by atoms with Crippen LogP contribution in [0.4, 0.5) is 0 Å². The van der Waals surface area contributed by atoms with Crippen LogP contribution in [-0.4, -0.2) is 27.3 Å². The number of nitrogens with two attached hydrogens (primary N) is 2. The Hall–Kier alpha value is -1.63. The van der Waals surface area contributed by atoms with Crippen molar-refractivity contribution in [2.24, 2.45) is 11.5 Å². The minimum Gasteiger partial charge on any atom is -0.478 e. The molecular formula is C5H8N2O4S. The lowest BCUT2D eigenvalue weighted by molar-refractivity contribution is -0.134. The third-order valence-electron chi connectivity index (χ3n) is 0.368. The zero-order valence-corrected chi connectivity index (χ0v) is 6.75. The topological polar surface area (TPSA) is 127 Å². The Labute approximate surface area is 73.5 Å². The van der Waals surface area contributed by atoms with E-state index in [0.29, 0.717) is 12.2 Å².